The van der Waals surface area contributed by atoms with Gasteiger partial charge in [-0.2, -0.15) is 0 Å². The van der Waals surface area contributed by atoms with Crippen LogP contribution in [-0.4, -0.2) is 18.5 Å². The minimum absolute atomic E-state index is 0.0492. The molecule has 0 saturated heterocycles. The van der Waals surface area contributed by atoms with E-state index in [9.17, 15) is 4.79 Å². The van der Waals surface area contributed by atoms with Gasteiger partial charge in [0, 0.05) is 6.54 Å². The molecule has 2 rings (SSSR count). The molecule has 2 aliphatic carbocycles. The Morgan fingerprint density at radius 1 is 1.31 bits per heavy atom. The number of nitrogens with one attached hydrogen (secondary N) is 1. The lowest BCUT2D eigenvalue weighted by Crippen LogP contribution is -2.42. The van der Waals surface area contributed by atoms with Crippen LogP contribution in [0, 0.1) is 17.8 Å². The third kappa shape index (κ3) is 3.21. The van der Waals surface area contributed by atoms with Crippen molar-refractivity contribution in [2.45, 2.75) is 51.5 Å². The maximum atomic E-state index is 11.7. The Balaban J connectivity index is 1.70. The molecule has 0 heterocycles. The molecule has 16 heavy (non-hydrogen) atoms. The second kappa shape index (κ2) is 5.17. The zero-order valence-electron chi connectivity index (χ0n) is 10.2. The molecule has 0 aromatic heterocycles. The zero-order chi connectivity index (χ0) is 11.5. The van der Waals surface area contributed by atoms with Gasteiger partial charge in [0.05, 0.1) is 6.04 Å². The Kier molecular flexibility index (Phi) is 3.85. The van der Waals surface area contributed by atoms with Crippen LogP contribution in [0.25, 0.3) is 0 Å². The number of carbonyl (C=O) groups is 1. The van der Waals surface area contributed by atoms with E-state index in [-0.39, 0.29) is 11.9 Å². The average molecular weight is 224 g/mol. The summed E-state index contributed by atoms with van der Waals surface area (Å²) in [7, 11) is 0. The maximum absolute atomic E-state index is 11.7. The van der Waals surface area contributed by atoms with Crippen LogP contribution >= 0.6 is 0 Å². The normalized spacial score (nSPS) is 22.2. The molecule has 1 unspecified atom stereocenters. The molecule has 92 valence electrons. The summed E-state index contributed by atoms with van der Waals surface area (Å²) in [5.41, 5.74) is 5.79. The van der Waals surface area contributed by atoms with Crippen LogP contribution in [0.15, 0.2) is 0 Å². The van der Waals surface area contributed by atoms with Gasteiger partial charge in [-0.15, -0.1) is 0 Å². The molecule has 0 radical (unpaired) electrons. The van der Waals surface area contributed by atoms with Crippen molar-refractivity contribution in [3.05, 3.63) is 0 Å². The smallest absolute Gasteiger partial charge is 0.236 e. The van der Waals surface area contributed by atoms with E-state index < -0.39 is 0 Å². The Labute approximate surface area is 98.2 Å². The van der Waals surface area contributed by atoms with E-state index in [2.05, 4.69) is 12.2 Å². The monoisotopic (exact) mass is 224 g/mol. The van der Waals surface area contributed by atoms with E-state index >= 15 is 0 Å². The number of nitrogens with two attached hydrogens (primary N) is 1. The molecule has 3 heteroatoms. The molecule has 2 saturated carbocycles. The van der Waals surface area contributed by atoms with Gasteiger partial charge in [0.2, 0.25) is 5.91 Å². The summed E-state index contributed by atoms with van der Waals surface area (Å²) in [5, 5.41) is 3.05. The Morgan fingerprint density at radius 2 is 1.88 bits per heavy atom. The average Bonchev–Trinajstić information content (AvgIpc) is 3.12. The summed E-state index contributed by atoms with van der Waals surface area (Å²) in [6.45, 7) is 2.93. The number of carbonyl (C=O) groups excluding carboxylic acids is 1. The van der Waals surface area contributed by atoms with E-state index in [0.717, 1.165) is 37.1 Å². The molecule has 1 atom stereocenters. The highest BCUT2D eigenvalue weighted by Gasteiger charge is 2.41. The molecule has 0 bridgehead atoms. The van der Waals surface area contributed by atoms with E-state index in [4.69, 9.17) is 5.73 Å². The highest BCUT2D eigenvalue weighted by Crippen LogP contribution is 2.48. The molecule has 1 amide bonds. The van der Waals surface area contributed by atoms with Crippen LogP contribution in [0.4, 0.5) is 0 Å². The lowest BCUT2D eigenvalue weighted by molar-refractivity contribution is -0.122. The van der Waals surface area contributed by atoms with Gasteiger partial charge in [-0.3, -0.25) is 4.79 Å². The minimum Gasteiger partial charge on any atom is -0.354 e. The Bertz CT molecular complexity index is 234. The molecule has 0 spiro atoms. The summed E-state index contributed by atoms with van der Waals surface area (Å²) in [5.74, 6) is 2.59. The first-order valence-corrected chi connectivity index (χ1v) is 6.75. The summed E-state index contributed by atoms with van der Waals surface area (Å²) in [6.07, 6.45) is 7.26. The van der Waals surface area contributed by atoms with E-state index in [1.807, 2.05) is 0 Å². The highest BCUT2D eigenvalue weighted by molar-refractivity contribution is 5.81. The van der Waals surface area contributed by atoms with Crippen LogP contribution < -0.4 is 11.1 Å². The Hall–Kier alpha value is -0.570. The van der Waals surface area contributed by atoms with Crippen molar-refractivity contribution in [1.82, 2.24) is 5.32 Å². The third-order valence-corrected chi connectivity index (χ3v) is 3.90. The van der Waals surface area contributed by atoms with Crippen LogP contribution in [0.5, 0.6) is 0 Å². The quantitative estimate of drug-likeness (QED) is 0.691. The molecule has 2 aliphatic rings. The van der Waals surface area contributed by atoms with Crippen molar-refractivity contribution in [1.29, 1.82) is 0 Å². The highest BCUT2D eigenvalue weighted by atomic mass is 16.2. The second-order valence-corrected chi connectivity index (χ2v) is 5.48. The predicted octanol–water partition coefficient (Wildman–Crippen LogP) is 1.67. The number of rotatable bonds is 7. The van der Waals surface area contributed by atoms with Gasteiger partial charge in [-0.1, -0.05) is 13.3 Å². The van der Waals surface area contributed by atoms with Gasteiger partial charge in [-0.05, 0) is 49.9 Å². The third-order valence-electron chi connectivity index (χ3n) is 3.90. The molecule has 0 aliphatic heterocycles. The molecule has 2 fully saturated rings. The molecule has 0 aromatic carbocycles. The van der Waals surface area contributed by atoms with Crippen molar-refractivity contribution in [2.75, 3.05) is 6.54 Å². The number of hydrogen-bond acceptors (Lipinski definition) is 2. The van der Waals surface area contributed by atoms with Gasteiger partial charge < -0.3 is 11.1 Å². The number of amides is 1. The van der Waals surface area contributed by atoms with Gasteiger partial charge in [0.15, 0.2) is 0 Å². The Morgan fingerprint density at radius 3 is 2.31 bits per heavy atom. The summed E-state index contributed by atoms with van der Waals surface area (Å²) in [4.78, 5) is 11.7. The summed E-state index contributed by atoms with van der Waals surface area (Å²) < 4.78 is 0. The molecular formula is C13H24N2O. The molecule has 0 aromatic rings. The second-order valence-electron chi connectivity index (χ2n) is 5.48. The van der Waals surface area contributed by atoms with Crippen molar-refractivity contribution < 1.29 is 4.79 Å². The molecule has 3 N–H and O–H groups in total. The molecular weight excluding hydrogens is 200 g/mol. The largest absolute Gasteiger partial charge is 0.354 e. The van der Waals surface area contributed by atoms with Crippen molar-refractivity contribution in [3.63, 3.8) is 0 Å². The van der Waals surface area contributed by atoms with Crippen molar-refractivity contribution >= 4 is 5.91 Å². The van der Waals surface area contributed by atoms with Gasteiger partial charge in [0.1, 0.15) is 0 Å². The SMILES string of the molecule is CCCC(N)C(=O)NCC(C1CC1)C1CC1. The standard InChI is InChI=1S/C13H24N2O/c1-2-3-12(14)13(16)15-8-11(9-4-5-9)10-6-7-10/h9-12H,2-8,14H2,1H3,(H,15,16). The lowest BCUT2D eigenvalue weighted by atomic mass is 9.98. The minimum atomic E-state index is -0.302. The van der Waals surface area contributed by atoms with E-state index in [0.29, 0.717) is 0 Å². The van der Waals surface area contributed by atoms with Crippen molar-refractivity contribution in [2.24, 2.45) is 23.5 Å². The summed E-state index contributed by atoms with van der Waals surface area (Å²) >= 11 is 0. The molecule has 3 nitrogen and oxygen atoms in total. The fraction of sp³-hybridized carbons (Fsp3) is 0.923. The first kappa shape index (κ1) is 11.9. The van der Waals surface area contributed by atoms with Crippen LogP contribution in [0.1, 0.15) is 45.4 Å². The van der Waals surface area contributed by atoms with Gasteiger partial charge >= 0.3 is 0 Å². The van der Waals surface area contributed by atoms with Crippen LogP contribution in [-0.2, 0) is 4.79 Å². The van der Waals surface area contributed by atoms with Gasteiger partial charge in [-0.25, -0.2) is 0 Å². The zero-order valence-corrected chi connectivity index (χ0v) is 10.2. The van der Waals surface area contributed by atoms with Crippen LogP contribution in [0.2, 0.25) is 0 Å². The first-order valence-electron chi connectivity index (χ1n) is 6.75. The first-order chi connectivity index (χ1) is 7.72. The lowest BCUT2D eigenvalue weighted by Gasteiger charge is -2.18. The fourth-order valence-electron chi connectivity index (χ4n) is 2.56. The number of hydrogen-bond donors (Lipinski definition) is 2. The fourth-order valence-corrected chi connectivity index (χ4v) is 2.56. The van der Waals surface area contributed by atoms with Crippen LogP contribution in [0.3, 0.4) is 0 Å². The van der Waals surface area contributed by atoms with E-state index in [1.54, 1.807) is 0 Å². The van der Waals surface area contributed by atoms with Gasteiger partial charge in [0.25, 0.3) is 0 Å². The van der Waals surface area contributed by atoms with E-state index in [1.165, 1.54) is 25.7 Å². The van der Waals surface area contributed by atoms with Crippen molar-refractivity contribution in [3.8, 4) is 0 Å². The topological polar surface area (TPSA) is 55.1 Å². The predicted molar refractivity (Wildman–Crippen MR) is 64.8 cm³/mol. The summed E-state index contributed by atoms with van der Waals surface area (Å²) in [6, 6.07) is -0.302. The maximum Gasteiger partial charge on any atom is 0.236 e.